The number of hydrogen-bond acceptors (Lipinski definition) is 3. The summed E-state index contributed by atoms with van der Waals surface area (Å²) in [5.74, 6) is -0.155. The van der Waals surface area contributed by atoms with Crippen molar-refractivity contribution in [1.82, 2.24) is 14.7 Å². The molecule has 1 amide bonds. The van der Waals surface area contributed by atoms with E-state index in [1.165, 1.54) is 0 Å². The van der Waals surface area contributed by atoms with Crippen LogP contribution in [0.3, 0.4) is 0 Å². The number of aromatic nitrogens is 2. The summed E-state index contributed by atoms with van der Waals surface area (Å²) in [6, 6.07) is 13.1. The number of aryl methyl sites for hydroxylation is 1. The third kappa shape index (κ3) is 2.44. The lowest BCUT2D eigenvalue weighted by atomic mass is 10.0. The van der Waals surface area contributed by atoms with Crippen LogP contribution in [0.15, 0.2) is 54.9 Å². The topological polar surface area (TPSA) is 58.4 Å². The van der Waals surface area contributed by atoms with E-state index in [1.54, 1.807) is 34.0 Å². The molecule has 0 unspecified atom stereocenters. The van der Waals surface area contributed by atoms with Crippen LogP contribution in [0.25, 0.3) is 11.1 Å². The molecule has 3 aromatic rings. The highest BCUT2D eigenvalue weighted by Crippen LogP contribution is 2.30. The molecule has 0 saturated heterocycles. The Hall–Kier alpha value is -3.08. The normalized spacial score (nSPS) is 13.1. The van der Waals surface area contributed by atoms with E-state index < -0.39 is 0 Å². The summed E-state index contributed by atoms with van der Waals surface area (Å²) in [6.45, 7) is 1.15. The standard InChI is InChI=1S/C19H17N3O2/c1-21-10-16(9-20-21)13-6-7-18(23)17(8-13)19(24)22-11-14-4-2-3-5-15(14)12-22/h2-10,23H,11-12H2,1H3. The molecular formula is C19H17N3O2. The molecule has 1 aliphatic rings. The SMILES string of the molecule is Cn1cc(-c2ccc(O)c(C(=O)N3Cc4ccccc4C3)c2)cn1. The van der Waals surface area contributed by atoms with E-state index in [2.05, 4.69) is 5.10 Å². The van der Waals surface area contributed by atoms with Gasteiger partial charge in [0.15, 0.2) is 0 Å². The molecule has 0 saturated carbocycles. The first kappa shape index (κ1) is 14.5. The molecule has 0 aliphatic carbocycles. The van der Waals surface area contributed by atoms with Gasteiger partial charge in [-0.1, -0.05) is 30.3 Å². The zero-order valence-electron chi connectivity index (χ0n) is 13.3. The molecule has 0 radical (unpaired) electrons. The first-order chi connectivity index (χ1) is 11.6. The van der Waals surface area contributed by atoms with E-state index in [-0.39, 0.29) is 11.7 Å². The van der Waals surface area contributed by atoms with Crippen LogP contribution in [0.2, 0.25) is 0 Å². The van der Waals surface area contributed by atoms with Crippen LogP contribution in [0, 0.1) is 0 Å². The van der Waals surface area contributed by atoms with Gasteiger partial charge in [-0.25, -0.2) is 0 Å². The maximum Gasteiger partial charge on any atom is 0.258 e. The summed E-state index contributed by atoms with van der Waals surface area (Å²) >= 11 is 0. The Bertz CT molecular complexity index is 905. The van der Waals surface area contributed by atoms with Crippen molar-refractivity contribution < 1.29 is 9.90 Å². The monoisotopic (exact) mass is 319 g/mol. The average molecular weight is 319 g/mol. The van der Waals surface area contributed by atoms with Crippen LogP contribution in [-0.2, 0) is 20.1 Å². The summed E-state index contributed by atoms with van der Waals surface area (Å²) in [7, 11) is 1.84. The second-order valence-electron chi connectivity index (χ2n) is 6.06. The molecule has 120 valence electrons. The highest BCUT2D eigenvalue weighted by Gasteiger charge is 2.25. The van der Waals surface area contributed by atoms with Crippen molar-refractivity contribution in [2.45, 2.75) is 13.1 Å². The molecule has 2 heterocycles. The number of nitrogens with zero attached hydrogens (tertiary/aromatic N) is 3. The van der Waals surface area contributed by atoms with E-state index in [0.29, 0.717) is 18.7 Å². The van der Waals surface area contributed by atoms with Gasteiger partial charge in [-0.15, -0.1) is 0 Å². The van der Waals surface area contributed by atoms with Crippen molar-refractivity contribution >= 4 is 5.91 Å². The van der Waals surface area contributed by atoms with Crippen LogP contribution < -0.4 is 0 Å². The quantitative estimate of drug-likeness (QED) is 0.790. The number of aromatic hydroxyl groups is 1. The van der Waals surface area contributed by atoms with E-state index in [9.17, 15) is 9.90 Å². The number of phenols is 1. The van der Waals surface area contributed by atoms with Crippen molar-refractivity contribution in [3.63, 3.8) is 0 Å². The largest absolute Gasteiger partial charge is 0.507 e. The first-order valence-corrected chi connectivity index (χ1v) is 7.80. The molecule has 24 heavy (non-hydrogen) atoms. The minimum absolute atomic E-state index is 0.00333. The third-order valence-electron chi connectivity index (χ3n) is 4.39. The van der Waals surface area contributed by atoms with Gasteiger partial charge in [0.25, 0.3) is 5.91 Å². The average Bonchev–Trinajstić information content (AvgIpc) is 3.20. The lowest BCUT2D eigenvalue weighted by Gasteiger charge is -2.16. The fourth-order valence-electron chi connectivity index (χ4n) is 3.10. The molecule has 0 fully saturated rings. The van der Waals surface area contributed by atoms with Crippen LogP contribution in [0.4, 0.5) is 0 Å². The number of phenolic OH excluding ortho intramolecular Hbond substituents is 1. The lowest BCUT2D eigenvalue weighted by molar-refractivity contribution is 0.0748. The highest BCUT2D eigenvalue weighted by atomic mass is 16.3. The maximum absolute atomic E-state index is 12.9. The number of carbonyl (C=O) groups is 1. The third-order valence-corrected chi connectivity index (χ3v) is 4.39. The second-order valence-corrected chi connectivity index (χ2v) is 6.06. The molecule has 1 aromatic heterocycles. The first-order valence-electron chi connectivity index (χ1n) is 7.80. The molecule has 1 aliphatic heterocycles. The van der Waals surface area contributed by atoms with Gasteiger partial charge >= 0.3 is 0 Å². The summed E-state index contributed by atoms with van der Waals surface area (Å²) in [5, 5.41) is 14.3. The number of benzene rings is 2. The molecule has 1 N–H and O–H groups in total. The Morgan fingerprint density at radius 1 is 1.08 bits per heavy atom. The number of carbonyl (C=O) groups excluding carboxylic acids is 1. The number of hydrogen-bond donors (Lipinski definition) is 1. The van der Waals surface area contributed by atoms with Gasteiger partial charge in [0.2, 0.25) is 0 Å². The molecule has 0 bridgehead atoms. The predicted molar refractivity (Wildman–Crippen MR) is 90.3 cm³/mol. The minimum Gasteiger partial charge on any atom is -0.507 e. The molecular weight excluding hydrogens is 302 g/mol. The van der Waals surface area contributed by atoms with Crippen molar-refractivity contribution in [2.75, 3.05) is 0 Å². The zero-order chi connectivity index (χ0) is 16.7. The Morgan fingerprint density at radius 2 is 1.79 bits per heavy atom. The smallest absolute Gasteiger partial charge is 0.258 e. The summed E-state index contributed by atoms with van der Waals surface area (Å²) < 4.78 is 1.71. The molecule has 0 atom stereocenters. The maximum atomic E-state index is 12.9. The number of fused-ring (bicyclic) bond motifs is 1. The molecule has 5 heteroatoms. The van der Waals surface area contributed by atoms with Gasteiger partial charge < -0.3 is 10.0 Å². The van der Waals surface area contributed by atoms with Gasteiger partial charge in [0, 0.05) is 31.9 Å². The van der Waals surface area contributed by atoms with Crippen LogP contribution in [-0.4, -0.2) is 25.7 Å². The van der Waals surface area contributed by atoms with Crippen molar-refractivity contribution in [3.8, 4) is 16.9 Å². The van der Waals surface area contributed by atoms with Crippen molar-refractivity contribution in [1.29, 1.82) is 0 Å². The molecule has 5 nitrogen and oxygen atoms in total. The predicted octanol–water partition coefficient (Wildman–Crippen LogP) is 2.95. The highest BCUT2D eigenvalue weighted by molar-refractivity contribution is 5.98. The summed E-state index contributed by atoms with van der Waals surface area (Å²) in [4.78, 5) is 14.6. The molecule has 2 aromatic carbocycles. The fraction of sp³-hybridized carbons (Fsp3) is 0.158. The molecule has 0 spiro atoms. The van der Waals surface area contributed by atoms with Gasteiger partial charge in [-0.05, 0) is 28.8 Å². The van der Waals surface area contributed by atoms with E-state index in [1.807, 2.05) is 37.5 Å². The van der Waals surface area contributed by atoms with Gasteiger partial charge in [-0.3, -0.25) is 9.48 Å². The van der Waals surface area contributed by atoms with E-state index in [4.69, 9.17) is 0 Å². The minimum atomic E-state index is -0.158. The van der Waals surface area contributed by atoms with Crippen molar-refractivity contribution in [2.24, 2.45) is 7.05 Å². The van der Waals surface area contributed by atoms with E-state index in [0.717, 1.165) is 22.3 Å². The fourth-order valence-corrected chi connectivity index (χ4v) is 3.10. The number of rotatable bonds is 2. The second kappa shape index (κ2) is 5.53. The lowest BCUT2D eigenvalue weighted by Crippen LogP contribution is -2.25. The Kier molecular flexibility index (Phi) is 3.34. The van der Waals surface area contributed by atoms with Crippen molar-refractivity contribution in [3.05, 3.63) is 71.5 Å². The Labute approximate surface area is 139 Å². The zero-order valence-corrected chi connectivity index (χ0v) is 13.3. The van der Waals surface area contributed by atoms with Crippen LogP contribution in [0.5, 0.6) is 5.75 Å². The van der Waals surface area contributed by atoms with Crippen LogP contribution in [0.1, 0.15) is 21.5 Å². The van der Waals surface area contributed by atoms with Gasteiger partial charge in [-0.2, -0.15) is 5.10 Å². The van der Waals surface area contributed by atoms with E-state index >= 15 is 0 Å². The van der Waals surface area contributed by atoms with Gasteiger partial charge in [0.05, 0.1) is 11.8 Å². The number of amides is 1. The Morgan fingerprint density at radius 3 is 2.42 bits per heavy atom. The van der Waals surface area contributed by atoms with Crippen LogP contribution >= 0.6 is 0 Å². The molecule has 4 rings (SSSR count). The van der Waals surface area contributed by atoms with Gasteiger partial charge in [0.1, 0.15) is 5.75 Å². The Balaban J connectivity index is 1.65. The summed E-state index contributed by atoms with van der Waals surface area (Å²) in [5.41, 5.74) is 4.42. The summed E-state index contributed by atoms with van der Waals surface area (Å²) in [6.07, 6.45) is 3.62.